The van der Waals surface area contributed by atoms with Gasteiger partial charge in [0.25, 0.3) is 0 Å². The van der Waals surface area contributed by atoms with Crippen LogP contribution in [0, 0.1) is 0 Å². The molecule has 0 aliphatic rings. The Bertz CT molecular complexity index is 287. The Balaban J connectivity index is 2.95. The largest absolute Gasteiger partial charge is 0.309 e. The van der Waals surface area contributed by atoms with Crippen LogP contribution in [0.4, 0.5) is 0 Å². The lowest BCUT2D eigenvalue weighted by Crippen LogP contribution is -2.35. The second kappa shape index (κ2) is 4.41. The molecule has 1 aromatic heterocycles. The third kappa shape index (κ3) is 2.15. The first kappa shape index (κ1) is 11.7. The van der Waals surface area contributed by atoms with Crippen LogP contribution in [-0.4, -0.2) is 12.0 Å². The Kier molecular flexibility index (Phi) is 3.67. The summed E-state index contributed by atoms with van der Waals surface area (Å²) in [6, 6.07) is 0. The number of aromatic nitrogens is 1. The predicted molar refractivity (Wildman–Crippen MR) is 62.9 cm³/mol. The number of hydrogen-bond acceptors (Lipinski definition) is 3. The highest BCUT2D eigenvalue weighted by molar-refractivity contribution is 7.09. The monoisotopic (exact) mass is 212 g/mol. The minimum absolute atomic E-state index is 0.0395. The summed E-state index contributed by atoms with van der Waals surface area (Å²) in [6.45, 7) is 8.76. The molecule has 1 atom stereocenters. The van der Waals surface area contributed by atoms with Crippen molar-refractivity contribution in [1.29, 1.82) is 0 Å². The van der Waals surface area contributed by atoms with E-state index < -0.39 is 0 Å². The Morgan fingerprint density at radius 2 is 2.21 bits per heavy atom. The summed E-state index contributed by atoms with van der Waals surface area (Å²) in [6.07, 6.45) is 1.06. The maximum Gasteiger partial charge on any atom is 0.113 e. The van der Waals surface area contributed by atoms with Gasteiger partial charge in [0.15, 0.2) is 0 Å². The van der Waals surface area contributed by atoms with Crippen LogP contribution in [0.5, 0.6) is 0 Å². The van der Waals surface area contributed by atoms with Gasteiger partial charge in [-0.05, 0) is 26.3 Å². The Morgan fingerprint density at radius 1 is 1.57 bits per heavy atom. The van der Waals surface area contributed by atoms with Crippen molar-refractivity contribution >= 4 is 11.3 Å². The summed E-state index contributed by atoms with van der Waals surface area (Å²) in [4.78, 5) is 4.68. The lowest BCUT2D eigenvalue weighted by Gasteiger charge is -2.24. The topological polar surface area (TPSA) is 24.9 Å². The molecule has 0 amide bonds. The lowest BCUT2D eigenvalue weighted by atomic mass is 10.0. The van der Waals surface area contributed by atoms with Gasteiger partial charge in [0.05, 0.1) is 11.2 Å². The summed E-state index contributed by atoms with van der Waals surface area (Å²) >= 11 is 1.76. The molecule has 0 saturated heterocycles. The Labute approximate surface area is 90.8 Å². The molecule has 1 N–H and O–H groups in total. The van der Waals surface area contributed by atoms with Crippen molar-refractivity contribution in [2.24, 2.45) is 0 Å². The molecule has 1 unspecified atom stereocenters. The zero-order chi connectivity index (χ0) is 10.8. The molecule has 0 fully saturated rings. The van der Waals surface area contributed by atoms with Gasteiger partial charge in [-0.1, -0.05) is 20.8 Å². The Hall–Kier alpha value is -0.410. The first-order valence-corrected chi connectivity index (χ1v) is 6.06. The molecule has 0 spiro atoms. The van der Waals surface area contributed by atoms with Crippen LogP contribution < -0.4 is 5.32 Å². The minimum Gasteiger partial charge on any atom is -0.309 e. The SMILES string of the molecule is CCC(C)(NC)c1nc(C(C)C)cs1. The molecule has 0 aliphatic carbocycles. The third-order valence-electron chi connectivity index (χ3n) is 2.84. The predicted octanol–water partition coefficient (Wildman–Crippen LogP) is 3.11. The van der Waals surface area contributed by atoms with Crippen molar-refractivity contribution in [3.63, 3.8) is 0 Å². The quantitative estimate of drug-likeness (QED) is 0.829. The number of hydrogen-bond donors (Lipinski definition) is 1. The van der Waals surface area contributed by atoms with E-state index in [2.05, 4.69) is 43.4 Å². The molecule has 80 valence electrons. The average Bonchev–Trinajstić information content (AvgIpc) is 2.66. The summed E-state index contributed by atoms with van der Waals surface area (Å²) in [7, 11) is 2.00. The van der Waals surface area contributed by atoms with Gasteiger partial charge in [-0.25, -0.2) is 4.98 Å². The van der Waals surface area contributed by atoms with Crippen LogP contribution in [0.1, 0.15) is 50.7 Å². The van der Waals surface area contributed by atoms with E-state index in [1.807, 2.05) is 7.05 Å². The molecule has 1 rings (SSSR count). The minimum atomic E-state index is 0.0395. The normalized spacial score (nSPS) is 15.9. The highest BCUT2D eigenvalue weighted by atomic mass is 32.1. The van der Waals surface area contributed by atoms with Crippen molar-refractivity contribution in [3.8, 4) is 0 Å². The van der Waals surface area contributed by atoms with E-state index in [1.165, 1.54) is 10.7 Å². The summed E-state index contributed by atoms with van der Waals surface area (Å²) in [5.74, 6) is 0.526. The van der Waals surface area contributed by atoms with Crippen molar-refractivity contribution in [2.75, 3.05) is 7.05 Å². The van der Waals surface area contributed by atoms with Gasteiger partial charge in [0, 0.05) is 5.38 Å². The zero-order valence-electron chi connectivity index (χ0n) is 9.72. The first-order chi connectivity index (χ1) is 6.53. The number of rotatable bonds is 4. The number of thiazole rings is 1. The zero-order valence-corrected chi connectivity index (χ0v) is 10.5. The third-order valence-corrected chi connectivity index (χ3v) is 3.97. The van der Waals surface area contributed by atoms with Crippen LogP contribution in [0.3, 0.4) is 0 Å². The summed E-state index contributed by atoms with van der Waals surface area (Å²) < 4.78 is 0. The average molecular weight is 212 g/mol. The van der Waals surface area contributed by atoms with E-state index in [-0.39, 0.29) is 5.54 Å². The second-order valence-corrected chi connectivity index (χ2v) is 5.03. The van der Waals surface area contributed by atoms with Crippen LogP contribution in [-0.2, 0) is 5.54 Å². The molecule has 3 heteroatoms. The van der Waals surface area contributed by atoms with Crippen LogP contribution in [0.15, 0.2) is 5.38 Å². The van der Waals surface area contributed by atoms with Crippen LogP contribution >= 0.6 is 11.3 Å². The fourth-order valence-electron chi connectivity index (χ4n) is 1.24. The molecule has 0 aliphatic heterocycles. The van der Waals surface area contributed by atoms with Gasteiger partial charge in [0.1, 0.15) is 5.01 Å². The molecule has 1 heterocycles. The van der Waals surface area contributed by atoms with Gasteiger partial charge < -0.3 is 5.32 Å². The van der Waals surface area contributed by atoms with Gasteiger partial charge in [-0.15, -0.1) is 11.3 Å². The maximum atomic E-state index is 4.68. The molecular weight excluding hydrogens is 192 g/mol. The van der Waals surface area contributed by atoms with E-state index in [4.69, 9.17) is 0 Å². The fourth-order valence-corrected chi connectivity index (χ4v) is 2.46. The van der Waals surface area contributed by atoms with E-state index in [0.29, 0.717) is 5.92 Å². The summed E-state index contributed by atoms with van der Waals surface area (Å²) in [5.41, 5.74) is 1.25. The first-order valence-electron chi connectivity index (χ1n) is 5.18. The van der Waals surface area contributed by atoms with Crippen molar-refractivity contribution in [1.82, 2.24) is 10.3 Å². The van der Waals surface area contributed by atoms with Crippen molar-refractivity contribution < 1.29 is 0 Å². The van der Waals surface area contributed by atoms with Crippen molar-refractivity contribution in [3.05, 3.63) is 16.1 Å². The maximum absolute atomic E-state index is 4.68. The number of nitrogens with zero attached hydrogens (tertiary/aromatic N) is 1. The molecule has 14 heavy (non-hydrogen) atoms. The van der Waals surface area contributed by atoms with E-state index in [9.17, 15) is 0 Å². The van der Waals surface area contributed by atoms with E-state index >= 15 is 0 Å². The highest BCUT2D eigenvalue weighted by Crippen LogP contribution is 2.29. The second-order valence-electron chi connectivity index (χ2n) is 4.17. The van der Waals surface area contributed by atoms with Crippen LogP contribution in [0.2, 0.25) is 0 Å². The van der Waals surface area contributed by atoms with Gasteiger partial charge in [-0.2, -0.15) is 0 Å². The molecule has 0 aromatic carbocycles. The van der Waals surface area contributed by atoms with Gasteiger partial charge in [0.2, 0.25) is 0 Å². The molecule has 2 nitrogen and oxygen atoms in total. The molecule has 0 bridgehead atoms. The smallest absolute Gasteiger partial charge is 0.113 e. The molecule has 0 radical (unpaired) electrons. The summed E-state index contributed by atoms with van der Waals surface area (Å²) in [5, 5.41) is 6.72. The highest BCUT2D eigenvalue weighted by Gasteiger charge is 2.25. The molecular formula is C11H20N2S. The fraction of sp³-hybridized carbons (Fsp3) is 0.727. The van der Waals surface area contributed by atoms with Gasteiger partial charge in [-0.3, -0.25) is 0 Å². The Morgan fingerprint density at radius 3 is 2.57 bits per heavy atom. The molecule has 0 saturated carbocycles. The molecule has 1 aromatic rings. The van der Waals surface area contributed by atoms with Crippen molar-refractivity contribution in [2.45, 2.75) is 45.6 Å². The standard InChI is InChI=1S/C11H20N2S/c1-6-11(4,12-5)10-13-9(7-14-10)8(2)3/h7-8,12H,6H2,1-5H3. The lowest BCUT2D eigenvalue weighted by molar-refractivity contribution is 0.383. The van der Waals surface area contributed by atoms with Crippen LogP contribution in [0.25, 0.3) is 0 Å². The number of nitrogens with one attached hydrogen (secondary N) is 1. The van der Waals surface area contributed by atoms with E-state index in [0.717, 1.165) is 6.42 Å². The van der Waals surface area contributed by atoms with E-state index in [1.54, 1.807) is 11.3 Å². The van der Waals surface area contributed by atoms with Gasteiger partial charge >= 0.3 is 0 Å².